The van der Waals surface area contributed by atoms with E-state index in [0.717, 1.165) is 12.8 Å². The minimum atomic E-state index is -0.165. The summed E-state index contributed by atoms with van der Waals surface area (Å²) in [6.45, 7) is 5.57. The highest BCUT2D eigenvalue weighted by Gasteiger charge is 2.10. The summed E-state index contributed by atoms with van der Waals surface area (Å²) in [5.41, 5.74) is 0. The number of rotatable bonds is 9. The van der Waals surface area contributed by atoms with Crippen molar-refractivity contribution < 1.29 is 19.0 Å². The van der Waals surface area contributed by atoms with Gasteiger partial charge in [-0.1, -0.05) is 20.3 Å². The number of carbonyl (C=O) groups is 1. The molecule has 0 heterocycles. The van der Waals surface area contributed by atoms with Crippen LogP contribution in [0, 0.1) is 18.4 Å². The number of hydrogen-bond donors (Lipinski definition) is 0. The molecule has 4 nitrogen and oxygen atoms in total. The van der Waals surface area contributed by atoms with E-state index in [4.69, 9.17) is 15.9 Å². The summed E-state index contributed by atoms with van der Waals surface area (Å²) < 4.78 is 14.9. The molecule has 0 N–H and O–H groups in total. The molecule has 4 heteroatoms. The second kappa shape index (κ2) is 10.3. The second-order valence-corrected chi connectivity index (χ2v) is 3.41. The fraction of sp³-hybridized carbons (Fsp3) is 0.750. The standard InChI is InChI=1S/C12H20O4/c1-4-11(3)12(13)16-10-9-15-8-6-7-14-5-2/h2,11H,4,6-10H2,1,3H3. The summed E-state index contributed by atoms with van der Waals surface area (Å²) >= 11 is 0. The van der Waals surface area contributed by atoms with Crippen LogP contribution in [0.3, 0.4) is 0 Å². The molecule has 0 spiro atoms. The molecule has 0 bridgehead atoms. The van der Waals surface area contributed by atoms with E-state index in [-0.39, 0.29) is 11.9 Å². The zero-order valence-electron chi connectivity index (χ0n) is 10.0. The maximum atomic E-state index is 11.2. The van der Waals surface area contributed by atoms with Crippen molar-refractivity contribution in [1.29, 1.82) is 0 Å². The summed E-state index contributed by atoms with van der Waals surface area (Å²) in [6, 6.07) is 0. The van der Waals surface area contributed by atoms with E-state index >= 15 is 0 Å². The molecule has 92 valence electrons. The zero-order valence-corrected chi connectivity index (χ0v) is 10.0. The van der Waals surface area contributed by atoms with E-state index in [1.165, 1.54) is 0 Å². The van der Waals surface area contributed by atoms with Crippen LogP contribution in [0.4, 0.5) is 0 Å². The van der Waals surface area contributed by atoms with E-state index < -0.39 is 0 Å². The number of ether oxygens (including phenoxy) is 3. The third kappa shape index (κ3) is 8.13. The Morgan fingerprint density at radius 3 is 2.69 bits per heavy atom. The van der Waals surface area contributed by atoms with Crippen molar-refractivity contribution >= 4 is 5.97 Å². The Balaban J connectivity index is 3.21. The molecule has 0 aliphatic heterocycles. The maximum absolute atomic E-state index is 11.2. The smallest absolute Gasteiger partial charge is 0.308 e. The highest BCUT2D eigenvalue weighted by atomic mass is 16.6. The first kappa shape index (κ1) is 14.8. The van der Waals surface area contributed by atoms with Crippen LogP contribution in [0.5, 0.6) is 0 Å². The first-order valence-electron chi connectivity index (χ1n) is 5.54. The SMILES string of the molecule is C#COCCCOCCOC(=O)C(C)CC. The molecule has 0 aromatic carbocycles. The molecule has 0 amide bonds. The summed E-state index contributed by atoms with van der Waals surface area (Å²) in [5.74, 6) is -0.203. The highest BCUT2D eigenvalue weighted by molar-refractivity contribution is 5.71. The Bertz CT molecular complexity index is 220. The Hall–Kier alpha value is -1.21. The van der Waals surface area contributed by atoms with Gasteiger partial charge in [0.25, 0.3) is 0 Å². The molecular formula is C12H20O4. The van der Waals surface area contributed by atoms with Gasteiger partial charge in [0.05, 0.1) is 19.1 Å². The van der Waals surface area contributed by atoms with Crippen molar-refractivity contribution in [2.45, 2.75) is 26.7 Å². The van der Waals surface area contributed by atoms with Crippen LogP contribution < -0.4 is 0 Å². The normalized spacial score (nSPS) is 11.6. The predicted octanol–water partition coefficient (Wildman–Crippen LogP) is 1.59. The fourth-order valence-corrected chi connectivity index (χ4v) is 0.904. The van der Waals surface area contributed by atoms with E-state index in [2.05, 4.69) is 10.8 Å². The summed E-state index contributed by atoms with van der Waals surface area (Å²) in [6.07, 6.45) is 8.51. The summed E-state index contributed by atoms with van der Waals surface area (Å²) in [4.78, 5) is 11.2. The molecule has 0 rings (SSSR count). The molecule has 16 heavy (non-hydrogen) atoms. The first-order valence-corrected chi connectivity index (χ1v) is 5.54. The van der Waals surface area contributed by atoms with E-state index in [0.29, 0.717) is 26.4 Å². The van der Waals surface area contributed by atoms with Gasteiger partial charge < -0.3 is 14.2 Å². The number of carbonyl (C=O) groups excluding carboxylic acids is 1. The van der Waals surface area contributed by atoms with Crippen LogP contribution in [0.25, 0.3) is 0 Å². The van der Waals surface area contributed by atoms with Gasteiger partial charge in [-0.3, -0.25) is 4.79 Å². The zero-order chi connectivity index (χ0) is 12.2. The lowest BCUT2D eigenvalue weighted by Gasteiger charge is -2.09. The van der Waals surface area contributed by atoms with Gasteiger partial charge >= 0.3 is 5.97 Å². The third-order valence-electron chi connectivity index (χ3n) is 2.11. The van der Waals surface area contributed by atoms with Gasteiger partial charge in [0.15, 0.2) is 0 Å². The van der Waals surface area contributed by atoms with E-state index in [9.17, 15) is 4.79 Å². The molecule has 1 atom stereocenters. The summed E-state index contributed by atoms with van der Waals surface area (Å²) in [7, 11) is 0. The maximum Gasteiger partial charge on any atom is 0.308 e. The molecule has 0 fully saturated rings. The average Bonchev–Trinajstić information content (AvgIpc) is 2.31. The lowest BCUT2D eigenvalue weighted by Crippen LogP contribution is -2.17. The predicted molar refractivity (Wildman–Crippen MR) is 60.6 cm³/mol. The van der Waals surface area contributed by atoms with E-state index in [1.807, 2.05) is 13.8 Å². The topological polar surface area (TPSA) is 44.8 Å². The van der Waals surface area contributed by atoms with Crippen molar-refractivity contribution in [3.8, 4) is 12.5 Å². The van der Waals surface area contributed by atoms with Crippen LogP contribution in [0.15, 0.2) is 0 Å². The van der Waals surface area contributed by atoms with Gasteiger partial charge in [0.1, 0.15) is 19.3 Å². The third-order valence-corrected chi connectivity index (χ3v) is 2.11. The van der Waals surface area contributed by atoms with Gasteiger partial charge in [0, 0.05) is 6.42 Å². The molecular weight excluding hydrogens is 208 g/mol. The van der Waals surface area contributed by atoms with Crippen LogP contribution >= 0.6 is 0 Å². The summed E-state index contributed by atoms with van der Waals surface area (Å²) in [5, 5.41) is 0. The Kier molecular flexibility index (Phi) is 9.53. The lowest BCUT2D eigenvalue weighted by atomic mass is 10.1. The molecule has 1 unspecified atom stereocenters. The molecule has 0 saturated heterocycles. The van der Waals surface area contributed by atoms with Gasteiger partial charge in [-0.2, -0.15) is 0 Å². The molecule has 0 aliphatic rings. The Morgan fingerprint density at radius 2 is 2.06 bits per heavy atom. The fourth-order valence-electron chi connectivity index (χ4n) is 0.904. The Morgan fingerprint density at radius 1 is 1.31 bits per heavy atom. The number of hydrogen-bond acceptors (Lipinski definition) is 4. The minimum absolute atomic E-state index is 0.0379. The molecule has 0 aromatic rings. The lowest BCUT2D eigenvalue weighted by molar-refractivity contribution is -0.149. The van der Waals surface area contributed by atoms with Crippen LogP contribution in [-0.2, 0) is 19.0 Å². The van der Waals surface area contributed by atoms with Crippen molar-refractivity contribution in [2.24, 2.45) is 5.92 Å². The monoisotopic (exact) mass is 228 g/mol. The molecule has 0 radical (unpaired) electrons. The van der Waals surface area contributed by atoms with Gasteiger partial charge in [0.2, 0.25) is 0 Å². The van der Waals surface area contributed by atoms with E-state index in [1.54, 1.807) is 0 Å². The van der Waals surface area contributed by atoms with Gasteiger partial charge in [-0.25, -0.2) is 0 Å². The van der Waals surface area contributed by atoms with Crippen molar-refractivity contribution in [3.63, 3.8) is 0 Å². The van der Waals surface area contributed by atoms with Crippen LogP contribution in [0.2, 0.25) is 0 Å². The number of esters is 1. The van der Waals surface area contributed by atoms with Crippen molar-refractivity contribution in [3.05, 3.63) is 0 Å². The van der Waals surface area contributed by atoms with Crippen molar-refractivity contribution in [2.75, 3.05) is 26.4 Å². The second-order valence-electron chi connectivity index (χ2n) is 3.41. The largest absolute Gasteiger partial charge is 0.463 e. The minimum Gasteiger partial charge on any atom is -0.463 e. The molecule has 0 saturated carbocycles. The first-order chi connectivity index (χ1) is 7.72. The number of terminal acetylenes is 1. The van der Waals surface area contributed by atoms with Crippen LogP contribution in [-0.4, -0.2) is 32.4 Å². The van der Waals surface area contributed by atoms with Crippen LogP contribution in [0.1, 0.15) is 26.7 Å². The van der Waals surface area contributed by atoms with Gasteiger partial charge in [-0.15, -0.1) is 0 Å². The molecule has 0 aliphatic carbocycles. The van der Waals surface area contributed by atoms with Gasteiger partial charge in [-0.05, 0) is 6.42 Å². The highest BCUT2D eigenvalue weighted by Crippen LogP contribution is 2.02. The Labute approximate surface area is 97.3 Å². The van der Waals surface area contributed by atoms with Crippen molar-refractivity contribution in [1.82, 2.24) is 0 Å². The average molecular weight is 228 g/mol. The quantitative estimate of drug-likeness (QED) is 0.341. The molecule has 0 aromatic heterocycles.